The van der Waals surface area contributed by atoms with Crippen molar-refractivity contribution in [2.24, 2.45) is 10.4 Å². The molecule has 0 heterocycles. The maximum absolute atomic E-state index is 4.03. The van der Waals surface area contributed by atoms with Crippen molar-refractivity contribution >= 4 is 5.84 Å². The first-order valence-corrected chi connectivity index (χ1v) is 3.09. The van der Waals surface area contributed by atoms with Gasteiger partial charge in [0.25, 0.3) is 0 Å². The van der Waals surface area contributed by atoms with Crippen molar-refractivity contribution in [1.82, 2.24) is 0 Å². The smallest absolute Gasteiger partial charge is 0 e. The normalized spacial score (nSPS) is 12.3. The molecule has 0 aliphatic heterocycles. The molecule has 0 saturated carbocycles. The van der Waals surface area contributed by atoms with Gasteiger partial charge >= 0.3 is 0 Å². The zero-order valence-corrected chi connectivity index (χ0v) is 8.87. The summed E-state index contributed by atoms with van der Waals surface area (Å²) in [6, 6.07) is 0. The molecular formula is C7H15N2Rh-. The fourth-order valence-corrected chi connectivity index (χ4v) is 0.771. The first kappa shape index (κ1) is 12.7. The molecule has 0 aliphatic carbocycles. The van der Waals surface area contributed by atoms with Crippen molar-refractivity contribution in [3.63, 3.8) is 0 Å². The molecule has 63 valence electrons. The van der Waals surface area contributed by atoms with Crippen LogP contribution in [-0.2, 0) is 19.5 Å². The van der Waals surface area contributed by atoms with Crippen LogP contribution in [0, 0.1) is 5.41 Å². The molecule has 0 amide bonds. The molecular weight excluding hydrogens is 215 g/mol. The molecule has 3 heteroatoms. The molecule has 0 atom stereocenters. The van der Waals surface area contributed by atoms with Crippen LogP contribution in [0.3, 0.4) is 0 Å². The topological polar surface area (TPSA) is 26.5 Å². The zero-order chi connectivity index (χ0) is 7.49. The van der Waals surface area contributed by atoms with Gasteiger partial charge in [0.1, 0.15) is 0 Å². The Balaban J connectivity index is 0. The summed E-state index contributed by atoms with van der Waals surface area (Å²) in [4.78, 5) is 4.03. The van der Waals surface area contributed by atoms with Gasteiger partial charge in [0.15, 0.2) is 0 Å². The van der Waals surface area contributed by atoms with E-state index in [9.17, 15) is 0 Å². The van der Waals surface area contributed by atoms with Crippen LogP contribution in [0.25, 0.3) is 5.32 Å². The number of rotatable bonds is 0. The van der Waals surface area contributed by atoms with Crippen LogP contribution >= 0.6 is 0 Å². The summed E-state index contributed by atoms with van der Waals surface area (Å²) in [5, 5.41) is 4.03. The Kier molecular flexibility index (Phi) is 6.17. The van der Waals surface area contributed by atoms with E-state index in [0.717, 1.165) is 5.84 Å². The summed E-state index contributed by atoms with van der Waals surface area (Å²) in [6.07, 6.45) is 0. The van der Waals surface area contributed by atoms with Gasteiger partial charge in [-0.2, -0.15) is 0 Å². The largest absolute Gasteiger partial charge is 0.472 e. The van der Waals surface area contributed by atoms with E-state index in [-0.39, 0.29) is 24.9 Å². The Morgan fingerprint density at radius 3 is 1.70 bits per heavy atom. The Morgan fingerprint density at radius 1 is 1.30 bits per heavy atom. The van der Waals surface area contributed by atoms with E-state index in [1.165, 1.54) is 0 Å². The van der Waals surface area contributed by atoms with E-state index in [2.05, 4.69) is 31.1 Å². The minimum atomic E-state index is 0. The van der Waals surface area contributed by atoms with Gasteiger partial charge in [-0.15, -0.1) is 0 Å². The number of amidine groups is 1. The Labute approximate surface area is 76.3 Å². The molecule has 0 aliphatic rings. The number of aliphatic imine (C=N–C) groups is 1. The first-order valence-electron chi connectivity index (χ1n) is 3.09. The molecule has 0 aromatic heterocycles. The maximum Gasteiger partial charge on any atom is 0 e. The second kappa shape index (κ2) is 4.84. The molecule has 0 fully saturated rings. The van der Waals surface area contributed by atoms with Crippen molar-refractivity contribution in [2.45, 2.75) is 20.8 Å². The maximum atomic E-state index is 4.03. The predicted octanol–water partition coefficient (Wildman–Crippen LogP) is 2.06. The SMILES string of the molecule is CN=C([N-]C)C(C)(C)C.[Rh]. The summed E-state index contributed by atoms with van der Waals surface area (Å²) in [5.41, 5.74) is 0.101. The quantitative estimate of drug-likeness (QED) is 0.346. The van der Waals surface area contributed by atoms with Crippen molar-refractivity contribution in [1.29, 1.82) is 0 Å². The molecule has 1 radical (unpaired) electrons. The van der Waals surface area contributed by atoms with Crippen LogP contribution in [0.15, 0.2) is 4.99 Å². The van der Waals surface area contributed by atoms with E-state index in [1.807, 2.05) is 0 Å². The molecule has 0 aromatic rings. The second-order valence-corrected chi connectivity index (χ2v) is 3.02. The van der Waals surface area contributed by atoms with Gasteiger partial charge < -0.3 is 10.3 Å². The fraction of sp³-hybridized carbons (Fsp3) is 0.857. The van der Waals surface area contributed by atoms with E-state index in [1.54, 1.807) is 14.1 Å². The molecule has 0 N–H and O–H groups in total. The van der Waals surface area contributed by atoms with E-state index in [0.29, 0.717) is 0 Å². The predicted molar refractivity (Wildman–Crippen MR) is 42.1 cm³/mol. The average molecular weight is 230 g/mol. The third-order valence-corrected chi connectivity index (χ3v) is 1.09. The average Bonchev–Trinajstić information content (AvgIpc) is 1.65. The molecule has 0 bridgehead atoms. The number of nitrogens with zero attached hydrogens (tertiary/aromatic N) is 2. The third kappa shape index (κ3) is 4.00. The fourth-order valence-electron chi connectivity index (χ4n) is 0.771. The van der Waals surface area contributed by atoms with E-state index < -0.39 is 0 Å². The number of hydrogen-bond donors (Lipinski definition) is 0. The van der Waals surface area contributed by atoms with Crippen molar-refractivity contribution in [2.75, 3.05) is 14.1 Å². The summed E-state index contributed by atoms with van der Waals surface area (Å²) in [7, 11) is 3.54. The van der Waals surface area contributed by atoms with Crippen LogP contribution in [0.1, 0.15) is 20.8 Å². The van der Waals surface area contributed by atoms with Gasteiger partial charge in [-0.1, -0.05) is 40.7 Å². The second-order valence-electron chi connectivity index (χ2n) is 3.02. The molecule has 10 heavy (non-hydrogen) atoms. The Bertz CT molecular complexity index is 113. The van der Waals surface area contributed by atoms with Gasteiger partial charge in [0.2, 0.25) is 0 Å². The van der Waals surface area contributed by atoms with Gasteiger partial charge in [-0.05, 0) is 5.41 Å². The molecule has 2 nitrogen and oxygen atoms in total. The Hall–Kier alpha value is 0.0934. The molecule has 0 unspecified atom stereocenters. The van der Waals surface area contributed by atoms with Crippen LogP contribution in [-0.4, -0.2) is 19.9 Å². The van der Waals surface area contributed by atoms with Crippen LogP contribution in [0.5, 0.6) is 0 Å². The summed E-state index contributed by atoms with van der Waals surface area (Å²) >= 11 is 0. The van der Waals surface area contributed by atoms with Crippen LogP contribution in [0.4, 0.5) is 0 Å². The van der Waals surface area contributed by atoms with Crippen LogP contribution < -0.4 is 0 Å². The zero-order valence-electron chi connectivity index (χ0n) is 7.23. The number of hydrogen-bond acceptors (Lipinski definition) is 1. The Morgan fingerprint density at radius 2 is 1.70 bits per heavy atom. The van der Waals surface area contributed by atoms with Crippen molar-refractivity contribution in [3.05, 3.63) is 5.32 Å². The summed E-state index contributed by atoms with van der Waals surface area (Å²) < 4.78 is 0. The van der Waals surface area contributed by atoms with Gasteiger partial charge in [-0.3, -0.25) is 0 Å². The van der Waals surface area contributed by atoms with Crippen LogP contribution in [0.2, 0.25) is 0 Å². The third-order valence-electron chi connectivity index (χ3n) is 1.09. The van der Waals surface area contributed by atoms with Crippen molar-refractivity contribution < 1.29 is 19.5 Å². The van der Waals surface area contributed by atoms with E-state index >= 15 is 0 Å². The monoisotopic (exact) mass is 230 g/mol. The standard InChI is InChI=1S/C7H15N2.Rh/c1-7(2,3)6(8-4)9-5;/h1-5H3;/q-1;. The molecule has 0 spiro atoms. The molecule has 0 aromatic carbocycles. The van der Waals surface area contributed by atoms with E-state index in [4.69, 9.17) is 0 Å². The summed E-state index contributed by atoms with van der Waals surface area (Å²) in [5.74, 6) is 0.919. The van der Waals surface area contributed by atoms with Gasteiger partial charge in [-0.25, -0.2) is 0 Å². The minimum Gasteiger partial charge on any atom is -0.472 e. The molecule has 0 rings (SSSR count). The van der Waals surface area contributed by atoms with Gasteiger partial charge in [0, 0.05) is 19.5 Å². The summed E-state index contributed by atoms with van der Waals surface area (Å²) in [6.45, 7) is 6.30. The van der Waals surface area contributed by atoms with Gasteiger partial charge in [0.05, 0.1) is 0 Å². The van der Waals surface area contributed by atoms with Crippen molar-refractivity contribution in [3.8, 4) is 0 Å². The first-order chi connectivity index (χ1) is 4.02. The molecule has 0 saturated heterocycles. The minimum absolute atomic E-state index is 0.